The van der Waals surface area contributed by atoms with E-state index < -0.39 is 47.2 Å². The number of esters is 1. The molecule has 2 aliphatic heterocycles. The van der Waals surface area contributed by atoms with Crippen LogP contribution in [0.1, 0.15) is 20.7 Å². The van der Waals surface area contributed by atoms with Crippen LogP contribution >= 0.6 is 0 Å². The number of nitro groups is 1. The van der Waals surface area contributed by atoms with Crippen LogP contribution in [0.2, 0.25) is 0 Å². The van der Waals surface area contributed by atoms with E-state index in [1.807, 2.05) is 0 Å². The second kappa shape index (κ2) is 6.39. The van der Waals surface area contributed by atoms with Gasteiger partial charge in [-0.05, 0) is 12.1 Å². The molecule has 3 amide bonds. The van der Waals surface area contributed by atoms with E-state index in [2.05, 4.69) is 4.74 Å². The fourth-order valence-corrected chi connectivity index (χ4v) is 3.03. The Labute approximate surface area is 146 Å². The first-order chi connectivity index (χ1) is 12.4. The maximum atomic E-state index is 12.5. The quantitative estimate of drug-likeness (QED) is 0.235. The lowest BCUT2D eigenvalue weighted by molar-refractivity contribution is -0.402. The first kappa shape index (κ1) is 17.3. The third-order valence-corrected chi connectivity index (χ3v) is 4.26. The summed E-state index contributed by atoms with van der Waals surface area (Å²) >= 11 is 0. The van der Waals surface area contributed by atoms with Crippen molar-refractivity contribution in [3.63, 3.8) is 0 Å². The van der Waals surface area contributed by atoms with Crippen LogP contribution in [0.15, 0.2) is 36.5 Å². The van der Waals surface area contributed by atoms with Crippen LogP contribution in [0.5, 0.6) is 0 Å². The van der Waals surface area contributed by atoms with Gasteiger partial charge in [-0.2, -0.15) is 0 Å². The van der Waals surface area contributed by atoms with Crippen molar-refractivity contribution in [1.29, 1.82) is 0 Å². The number of methoxy groups -OCH3 is 1. The second-order valence-corrected chi connectivity index (χ2v) is 5.63. The van der Waals surface area contributed by atoms with E-state index in [4.69, 9.17) is 0 Å². The molecule has 1 aromatic carbocycles. The second-order valence-electron chi connectivity index (χ2n) is 5.63. The molecule has 0 unspecified atom stereocenters. The molecule has 0 N–H and O–H groups in total. The first-order valence-corrected chi connectivity index (χ1v) is 7.53. The van der Waals surface area contributed by atoms with Gasteiger partial charge in [0.25, 0.3) is 11.8 Å². The Bertz CT molecular complexity index is 828. The number of β-lactam (4-membered cyclic amide) rings is 1. The summed E-state index contributed by atoms with van der Waals surface area (Å²) in [6, 6.07) is 3.87. The van der Waals surface area contributed by atoms with E-state index >= 15 is 0 Å². The zero-order chi connectivity index (χ0) is 19.0. The molecule has 26 heavy (non-hydrogen) atoms. The fourth-order valence-electron chi connectivity index (χ4n) is 3.03. The van der Waals surface area contributed by atoms with Gasteiger partial charge < -0.3 is 9.64 Å². The van der Waals surface area contributed by atoms with E-state index in [0.717, 1.165) is 23.0 Å². The SMILES string of the molecule is COC(=O)CN1C(=O)[C@@H](N2C(=O)c3ccccc3C2=O)[C@H]1/C=C/[N+](=O)[O-]. The lowest BCUT2D eigenvalue weighted by Gasteiger charge is -2.47. The molecule has 0 spiro atoms. The molecule has 2 heterocycles. The number of carbonyl (C=O) groups is 4. The molecule has 0 bridgehead atoms. The summed E-state index contributed by atoms with van der Waals surface area (Å²) in [5.74, 6) is -2.69. The number of benzene rings is 1. The molecule has 1 fully saturated rings. The number of nitrogens with zero attached hydrogens (tertiary/aromatic N) is 3. The molecular formula is C16H13N3O7. The number of amides is 3. The monoisotopic (exact) mass is 359 g/mol. The first-order valence-electron chi connectivity index (χ1n) is 7.53. The Balaban J connectivity index is 1.92. The van der Waals surface area contributed by atoms with Crippen LogP contribution in [0.4, 0.5) is 0 Å². The zero-order valence-electron chi connectivity index (χ0n) is 13.5. The smallest absolute Gasteiger partial charge is 0.325 e. The number of rotatable bonds is 5. The fraction of sp³-hybridized carbons (Fsp3) is 0.250. The van der Waals surface area contributed by atoms with Crippen molar-refractivity contribution in [3.8, 4) is 0 Å². The highest BCUT2D eigenvalue weighted by Crippen LogP contribution is 2.33. The summed E-state index contributed by atoms with van der Waals surface area (Å²) in [6.07, 6.45) is 1.67. The van der Waals surface area contributed by atoms with Gasteiger partial charge in [0, 0.05) is 6.08 Å². The number of hydrogen-bond acceptors (Lipinski definition) is 7. The molecule has 3 rings (SSSR count). The van der Waals surface area contributed by atoms with E-state index in [9.17, 15) is 29.3 Å². The Morgan fingerprint density at radius 2 is 1.81 bits per heavy atom. The summed E-state index contributed by atoms with van der Waals surface area (Å²) < 4.78 is 4.49. The maximum absolute atomic E-state index is 12.5. The third-order valence-electron chi connectivity index (χ3n) is 4.26. The molecule has 2 atom stereocenters. The number of carbonyl (C=O) groups excluding carboxylic acids is 4. The molecule has 10 heteroatoms. The standard InChI is InChI=1S/C16H13N3O7/c1-26-12(20)8-17-11(6-7-18(24)25)13(16(17)23)19-14(21)9-4-2-3-5-10(9)15(19)22/h2-7,11,13H,8H2,1H3/b7-6+/t11-,13+/m1/s1. The minimum absolute atomic E-state index is 0.161. The van der Waals surface area contributed by atoms with Gasteiger partial charge in [0.1, 0.15) is 12.6 Å². The van der Waals surface area contributed by atoms with Crippen molar-refractivity contribution >= 4 is 23.7 Å². The lowest BCUT2D eigenvalue weighted by atomic mass is 9.93. The van der Waals surface area contributed by atoms with E-state index in [1.54, 1.807) is 12.1 Å². The van der Waals surface area contributed by atoms with Gasteiger partial charge >= 0.3 is 5.97 Å². The van der Waals surface area contributed by atoms with Crippen LogP contribution in [0.25, 0.3) is 0 Å². The Morgan fingerprint density at radius 1 is 1.23 bits per heavy atom. The molecule has 2 aliphatic rings. The lowest BCUT2D eigenvalue weighted by Crippen LogP contribution is -2.71. The van der Waals surface area contributed by atoms with Gasteiger partial charge in [-0.1, -0.05) is 12.1 Å². The third kappa shape index (κ3) is 2.61. The van der Waals surface area contributed by atoms with Gasteiger partial charge in [0.05, 0.1) is 29.2 Å². The van der Waals surface area contributed by atoms with Crippen LogP contribution in [-0.2, 0) is 14.3 Å². The predicted molar refractivity (Wildman–Crippen MR) is 84.4 cm³/mol. The summed E-state index contributed by atoms with van der Waals surface area (Å²) in [6.45, 7) is -0.443. The molecular weight excluding hydrogens is 346 g/mol. The van der Waals surface area contributed by atoms with E-state index in [-0.39, 0.29) is 11.1 Å². The molecule has 0 saturated carbocycles. The molecule has 10 nitrogen and oxygen atoms in total. The van der Waals surface area contributed by atoms with Crippen molar-refractivity contribution in [3.05, 3.63) is 57.8 Å². The average Bonchev–Trinajstić information content (AvgIpc) is 2.87. The van der Waals surface area contributed by atoms with Gasteiger partial charge in [-0.3, -0.25) is 34.2 Å². The number of imide groups is 1. The molecule has 134 valence electrons. The van der Waals surface area contributed by atoms with Gasteiger partial charge in [-0.25, -0.2) is 0 Å². The Hall–Kier alpha value is -3.56. The van der Waals surface area contributed by atoms with E-state index in [1.165, 1.54) is 12.1 Å². The van der Waals surface area contributed by atoms with Crippen LogP contribution in [0.3, 0.4) is 0 Å². The molecule has 0 radical (unpaired) electrons. The minimum atomic E-state index is -1.25. The minimum Gasteiger partial charge on any atom is -0.468 e. The summed E-state index contributed by atoms with van der Waals surface area (Å²) in [5.41, 5.74) is 0.322. The van der Waals surface area contributed by atoms with Crippen molar-refractivity contribution < 1.29 is 28.8 Å². The van der Waals surface area contributed by atoms with Crippen LogP contribution in [0, 0.1) is 10.1 Å². The topological polar surface area (TPSA) is 127 Å². The Kier molecular flexibility index (Phi) is 4.24. The number of ether oxygens (including phenoxy) is 1. The maximum Gasteiger partial charge on any atom is 0.325 e. The van der Waals surface area contributed by atoms with Crippen molar-refractivity contribution in [2.45, 2.75) is 12.1 Å². The van der Waals surface area contributed by atoms with Crippen molar-refractivity contribution in [1.82, 2.24) is 9.80 Å². The Morgan fingerprint density at radius 3 is 2.31 bits per heavy atom. The highest BCUT2D eigenvalue weighted by atomic mass is 16.6. The highest BCUT2D eigenvalue weighted by Gasteiger charge is 2.56. The van der Waals surface area contributed by atoms with Gasteiger partial charge in [-0.15, -0.1) is 0 Å². The van der Waals surface area contributed by atoms with Crippen molar-refractivity contribution in [2.24, 2.45) is 0 Å². The number of hydrogen-bond donors (Lipinski definition) is 0. The molecule has 0 aliphatic carbocycles. The summed E-state index contributed by atoms with van der Waals surface area (Å²) in [5, 5.41) is 10.6. The van der Waals surface area contributed by atoms with Crippen molar-refractivity contribution in [2.75, 3.05) is 13.7 Å². The van der Waals surface area contributed by atoms with Gasteiger partial charge in [0.15, 0.2) is 0 Å². The number of fused-ring (bicyclic) bond motifs is 1. The predicted octanol–water partition coefficient (Wildman–Crippen LogP) is -0.175. The molecule has 0 aromatic heterocycles. The average molecular weight is 359 g/mol. The summed E-state index contributed by atoms with van der Waals surface area (Å²) in [7, 11) is 1.14. The normalized spacial score (nSPS) is 21.8. The molecule has 1 aromatic rings. The highest BCUT2D eigenvalue weighted by molar-refractivity contribution is 6.23. The van der Waals surface area contributed by atoms with Crippen LogP contribution < -0.4 is 0 Å². The zero-order valence-corrected chi connectivity index (χ0v) is 13.5. The summed E-state index contributed by atoms with van der Waals surface area (Å²) in [4.78, 5) is 60.7. The van der Waals surface area contributed by atoms with Crippen LogP contribution in [-0.4, -0.2) is 64.2 Å². The van der Waals surface area contributed by atoms with Gasteiger partial charge in [0.2, 0.25) is 12.1 Å². The largest absolute Gasteiger partial charge is 0.468 e. The van der Waals surface area contributed by atoms with E-state index in [0.29, 0.717) is 6.20 Å². The number of likely N-dealkylation sites (tertiary alicyclic amines) is 1. The molecule has 1 saturated heterocycles.